The van der Waals surface area contributed by atoms with Crippen molar-refractivity contribution in [3.8, 4) is 5.75 Å². The van der Waals surface area contributed by atoms with Gasteiger partial charge in [0, 0.05) is 18.5 Å². The molecule has 2 atom stereocenters. The molecule has 1 fully saturated rings. The molecule has 7 nitrogen and oxygen atoms in total. The molecule has 1 aromatic carbocycles. The number of likely N-dealkylation sites (tertiary alicyclic amines) is 1. The van der Waals surface area contributed by atoms with Crippen LogP contribution in [-0.4, -0.2) is 53.4 Å². The molecule has 1 heterocycles. The number of carbonyl (C=O) groups is 3. The molecule has 1 aliphatic rings. The lowest BCUT2D eigenvalue weighted by Crippen LogP contribution is -2.48. The highest BCUT2D eigenvalue weighted by Crippen LogP contribution is 2.28. The minimum atomic E-state index is -4.79. The molecule has 160 valence electrons. The number of hydrogen-bond acceptors (Lipinski definition) is 5. The summed E-state index contributed by atoms with van der Waals surface area (Å²) in [6, 6.07) is 4.61. The van der Waals surface area contributed by atoms with Crippen molar-refractivity contribution < 1.29 is 42.1 Å². The monoisotopic (exact) mass is 417 g/mol. The lowest BCUT2D eigenvalue weighted by Gasteiger charge is -2.37. The number of alkyl halides is 3. The van der Waals surface area contributed by atoms with Gasteiger partial charge in [0.05, 0.1) is 6.61 Å². The number of rotatable bonds is 7. The van der Waals surface area contributed by atoms with Gasteiger partial charge in [0.25, 0.3) is 0 Å². The van der Waals surface area contributed by atoms with Crippen LogP contribution < -0.4 is 4.74 Å². The summed E-state index contributed by atoms with van der Waals surface area (Å²) in [4.78, 5) is 36.6. The van der Waals surface area contributed by atoms with Gasteiger partial charge in [-0.25, -0.2) is 4.79 Å². The Morgan fingerprint density at radius 3 is 2.41 bits per heavy atom. The average Bonchev–Trinajstić information content (AvgIpc) is 2.62. The Hall–Kier alpha value is -2.78. The van der Waals surface area contributed by atoms with Crippen LogP contribution in [0, 0.1) is 5.92 Å². The molecule has 10 heteroatoms. The SMILES string of the molecule is CCOC(=O)CC(=O)[C@H]1CCN(C(=O)O)[C@@H](Cc2ccc(OC(F)(F)F)cc2)C1. The fourth-order valence-corrected chi connectivity index (χ4v) is 3.39. The van der Waals surface area contributed by atoms with Gasteiger partial charge in [0.15, 0.2) is 0 Å². The number of piperidine rings is 1. The minimum absolute atomic E-state index is 0.133. The number of carboxylic acid groups (broad SMARTS) is 1. The average molecular weight is 417 g/mol. The summed E-state index contributed by atoms with van der Waals surface area (Å²) in [7, 11) is 0. The van der Waals surface area contributed by atoms with Gasteiger partial charge in [0.2, 0.25) is 0 Å². The molecule has 29 heavy (non-hydrogen) atoms. The number of carbonyl (C=O) groups excluding carboxylic acids is 2. The van der Waals surface area contributed by atoms with Gasteiger partial charge in [-0.05, 0) is 43.9 Å². The Labute approximate surface area is 165 Å². The molecule has 1 amide bonds. The van der Waals surface area contributed by atoms with Crippen LogP contribution in [0.5, 0.6) is 5.75 Å². The molecule has 1 aromatic rings. The number of benzene rings is 1. The predicted octanol–water partition coefficient (Wildman–Crippen LogP) is 3.41. The quantitative estimate of drug-likeness (QED) is 0.540. The van der Waals surface area contributed by atoms with Gasteiger partial charge in [0.1, 0.15) is 18.0 Å². The number of hydrogen-bond donors (Lipinski definition) is 1. The normalized spacial score (nSPS) is 19.5. The smallest absolute Gasteiger partial charge is 0.466 e. The fourth-order valence-electron chi connectivity index (χ4n) is 3.39. The van der Waals surface area contributed by atoms with E-state index < -0.39 is 30.4 Å². The highest BCUT2D eigenvalue weighted by molar-refractivity contribution is 5.96. The largest absolute Gasteiger partial charge is 0.573 e. The van der Waals surface area contributed by atoms with E-state index in [9.17, 15) is 32.7 Å². The van der Waals surface area contributed by atoms with E-state index in [1.165, 1.54) is 17.0 Å². The Balaban J connectivity index is 2.05. The minimum Gasteiger partial charge on any atom is -0.466 e. The van der Waals surface area contributed by atoms with E-state index in [4.69, 9.17) is 4.74 Å². The summed E-state index contributed by atoms with van der Waals surface area (Å²) in [6.45, 7) is 1.93. The number of ketones is 1. The number of nitrogens with zero attached hydrogens (tertiary/aromatic N) is 1. The van der Waals surface area contributed by atoms with Gasteiger partial charge in [-0.2, -0.15) is 0 Å². The third-order valence-electron chi connectivity index (χ3n) is 4.67. The fraction of sp³-hybridized carbons (Fsp3) is 0.526. The molecule has 0 unspecified atom stereocenters. The molecule has 1 saturated heterocycles. The molecule has 0 bridgehead atoms. The van der Waals surface area contributed by atoms with Crippen LogP contribution in [0.1, 0.15) is 31.7 Å². The molecule has 0 spiro atoms. The predicted molar refractivity (Wildman–Crippen MR) is 94.3 cm³/mol. The molecule has 0 aromatic heterocycles. The molecular weight excluding hydrogens is 395 g/mol. The Kier molecular flexibility index (Phi) is 7.46. The maximum absolute atomic E-state index is 12.3. The summed E-state index contributed by atoms with van der Waals surface area (Å²) in [5, 5.41) is 9.42. The van der Waals surface area contributed by atoms with Crippen LogP contribution in [-0.2, 0) is 20.7 Å². The third-order valence-corrected chi connectivity index (χ3v) is 4.67. The maximum atomic E-state index is 12.3. The lowest BCUT2D eigenvalue weighted by molar-refractivity contribution is -0.274. The number of ether oxygens (including phenoxy) is 2. The van der Waals surface area contributed by atoms with E-state index in [2.05, 4.69) is 4.74 Å². The molecule has 1 aliphatic heterocycles. The van der Waals surface area contributed by atoms with E-state index in [-0.39, 0.29) is 43.9 Å². The zero-order valence-corrected chi connectivity index (χ0v) is 15.8. The third kappa shape index (κ3) is 6.95. The topological polar surface area (TPSA) is 93.1 Å². The van der Waals surface area contributed by atoms with Crippen LogP contribution in [0.4, 0.5) is 18.0 Å². The Bertz CT molecular complexity index is 734. The number of esters is 1. The molecular formula is C19H22F3NO6. The van der Waals surface area contributed by atoms with Gasteiger partial charge in [-0.3, -0.25) is 9.59 Å². The first-order valence-electron chi connectivity index (χ1n) is 9.11. The summed E-state index contributed by atoms with van der Waals surface area (Å²) in [5.74, 6) is -1.77. The molecule has 0 radical (unpaired) electrons. The van der Waals surface area contributed by atoms with Gasteiger partial charge < -0.3 is 19.5 Å². The van der Waals surface area contributed by atoms with Crippen molar-refractivity contribution in [2.75, 3.05) is 13.2 Å². The second-order valence-corrected chi connectivity index (χ2v) is 6.70. The van der Waals surface area contributed by atoms with Crippen molar-refractivity contribution in [2.24, 2.45) is 5.92 Å². The molecule has 0 saturated carbocycles. The molecule has 2 rings (SSSR count). The van der Waals surface area contributed by atoms with Crippen LogP contribution in [0.15, 0.2) is 24.3 Å². The van der Waals surface area contributed by atoms with Crippen molar-refractivity contribution in [1.29, 1.82) is 0 Å². The maximum Gasteiger partial charge on any atom is 0.573 e. The highest BCUT2D eigenvalue weighted by Gasteiger charge is 2.35. The van der Waals surface area contributed by atoms with Crippen molar-refractivity contribution in [3.05, 3.63) is 29.8 Å². The summed E-state index contributed by atoms with van der Waals surface area (Å²) in [6.07, 6.45) is -5.53. The molecule has 1 N–H and O–H groups in total. The van der Waals surface area contributed by atoms with E-state index in [1.807, 2.05) is 0 Å². The van der Waals surface area contributed by atoms with Crippen molar-refractivity contribution in [3.63, 3.8) is 0 Å². The van der Waals surface area contributed by atoms with E-state index in [1.54, 1.807) is 6.92 Å². The first-order valence-corrected chi connectivity index (χ1v) is 9.11. The Morgan fingerprint density at radius 1 is 1.21 bits per heavy atom. The lowest BCUT2D eigenvalue weighted by atomic mass is 9.84. The van der Waals surface area contributed by atoms with E-state index in [0.717, 1.165) is 12.1 Å². The van der Waals surface area contributed by atoms with Crippen LogP contribution >= 0.6 is 0 Å². The van der Waals surface area contributed by atoms with Gasteiger partial charge in [-0.1, -0.05) is 12.1 Å². The van der Waals surface area contributed by atoms with Crippen LogP contribution in [0.3, 0.4) is 0 Å². The van der Waals surface area contributed by atoms with Crippen molar-refractivity contribution in [2.45, 2.75) is 45.0 Å². The summed E-state index contributed by atoms with van der Waals surface area (Å²) < 4.78 is 45.4. The molecule has 0 aliphatic carbocycles. The standard InChI is InChI=1S/C19H22F3NO6/c1-2-28-17(25)11-16(24)13-7-8-23(18(26)27)14(10-13)9-12-3-5-15(6-4-12)29-19(20,21)22/h3-6,13-14H,2,7-11H2,1H3,(H,26,27)/t13-,14-/m0/s1. The van der Waals surface area contributed by atoms with E-state index >= 15 is 0 Å². The van der Waals surface area contributed by atoms with Gasteiger partial charge in [-0.15, -0.1) is 13.2 Å². The number of halogens is 3. The first-order chi connectivity index (χ1) is 13.6. The van der Waals surface area contributed by atoms with Crippen molar-refractivity contribution >= 4 is 17.8 Å². The number of amides is 1. The van der Waals surface area contributed by atoms with Gasteiger partial charge >= 0.3 is 18.4 Å². The summed E-state index contributed by atoms with van der Waals surface area (Å²) >= 11 is 0. The second kappa shape index (κ2) is 9.62. The second-order valence-electron chi connectivity index (χ2n) is 6.70. The number of Topliss-reactive ketones (excluding diaryl/α,β-unsaturated/α-hetero) is 1. The highest BCUT2D eigenvalue weighted by atomic mass is 19.4. The first kappa shape index (κ1) is 22.5. The van der Waals surface area contributed by atoms with Crippen molar-refractivity contribution in [1.82, 2.24) is 4.90 Å². The Morgan fingerprint density at radius 2 is 1.86 bits per heavy atom. The van der Waals surface area contributed by atoms with Crippen LogP contribution in [0.2, 0.25) is 0 Å². The van der Waals surface area contributed by atoms with Crippen LogP contribution in [0.25, 0.3) is 0 Å². The zero-order chi connectivity index (χ0) is 21.6. The van der Waals surface area contributed by atoms with E-state index in [0.29, 0.717) is 12.0 Å². The summed E-state index contributed by atoms with van der Waals surface area (Å²) in [5.41, 5.74) is 0.606. The zero-order valence-electron chi connectivity index (χ0n) is 15.8.